The zero-order valence-electron chi connectivity index (χ0n) is 10.8. The molecule has 0 atom stereocenters. The minimum atomic E-state index is 0.217. The molecule has 0 aliphatic carbocycles. The van der Waals surface area contributed by atoms with Crippen molar-refractivity contribution in [1.82, 2.24) is 15.5 Å². The van der Waals surface area contributed by atoms with Gasteiger partial charge in [-0.2, -0.15) is 0 Å². The fourth-order valence-corrected chi connectivity index (χ4v) is 2.40. The van der Waals surface area contributed by atoms with E-state index in [9.17, 15) is 0 Å². The lowest BCUT2D eigenvalue weighted by molar-refractivity contribution is 0.422. The van der Waals surface area contributed by atoms with Crippen molar-refractivity contribution in [2.24, 2.45) is 0 Å². The fraction of sp³-hybridized carbons (Fsp3) is 0.833. The molecule has 0 spiro atoms. The minimum absolute atomic E-state index is 0.217. The summed E-state index contributed by atoms with van der Waals surface area (Å²) in [5.74, 6) is 0. The van der Waals surface area contributed by atoms with Gasteiger partial charge in [0.25, 0.3) is 0 Å². The standard InChI is InChI=1S/C12H23N3S/c1-5-7-10-14-15-11(16-10)8-6-9-13-12(2,3)4/h13H,5-9H2,1-4H3. The van der Waals surface area contributed by atoms with Crippen LogP contribution in [-0.4, -0.2) is 22.3 Å². The highest BCUT2D eigenvalue weighted by atomic mass is 32.1. The number of aromatic nitrogens is 2. The highest BCUT2D eigenvalue weighted by molar-refractivity contribution is 7.11. The Labute approximate surface area is 103 Å². The van der Waals surface area contributed by atoms with Crippen LogP contribution in [0.15, 0.2) is 0 Å². The predicted molar refractivity (Wildman–Crippen MR) is 70.0 cm³/mol. The molecular formula is C12H23N3S. The van der Waals surface area contributed by atoms with E-state index in [0.29, 0.717) is 0 Å². The van der Waals surface area contributed by atoms with E-state index in [0.717, 1.165) is 32.2 Å². The molecule has 16 heavy (non-hydrogen) atoms. The summed E-state index contributed by atoms with van der Waals surface area (Å²) in [6, 6.07) is 0. The highest BCUT2D eigenvalue weighted by Gasteiger charge is 2.08. The molecule has 1 N–H and O–H groups in total. The van der Waals surface area contributed by atoms with Gasteiger partial charge in [-0.25, -0.2) is 0 Å². The van der Waals surface area contributed by atoms with Crippen molar-refractivity contribution in [3.8, 4) is 0 Å². The van der Waals surface area contributed by atoms with Gasteiger partial charge in [0.15, 0.2) is 0 Å². The Balaban J connectivity index is 2.21. The van der Waals surface area contributed by atoms with Gasteiger partial charge in [-0.15, -0.1) is 21.5 Å². The first-order chi connectivity index (χ1) is 7.51. The Kier molecular flexibility index (Phi) is 5.35. The second-order valence-electron chi connectivity index (χ2n) is 5.12. The minimum Gasteiger partial charge on any atom is -0.312 e. The first-order valence-electron chi connectivity index (χ1n) is 6.07. The van der Waals surface area contributed by atoms with Crippen LogP contribution in [0.4, 0.5) is 0 Å². The first kappa shape index (κ1) is 13.6. The molecule has 0 aromatic carbocycles. The van der Waals surface area contributed by atoms with Crippen molar-refractivity contribution >= 4 is 11.3 Å². The molecule has 0 bridgehead atoms. The lowest BCUT2D eigenvalue weighted by Crippen LogP contribution is -2.36. The molecule has 4 heteroatoms. The Morgan fingerprint density at radius 3 is 2.31 bits per heavy atom. The van der Waals surface area contributed by atoms with Crippen molar-refractivity contribution in [2.45, 2.75) is 58.9 Å². The van der Waals surface area contributed by atoms with Crippen molar-refractivity contribution in [3.63, 3.8) is 0 Å². The van der Waals surface area contributed by atoms with Gasteiger partial charge >= 0.3 is 0 Å². The third kappa shape index (κ3) is 5.56. The maximum Gasteiger partial charge on any atom is 0.117 e. The van der Waals surface area contributed by atoms with Crippen LogP contribution in [0.1, 0.15) is 50.6 Å². The average Bonchev–Trinajstić information content (AvgIpc) is 2.60. The van der Waals surface area contributed by atoms with E-state index in [1.807, 2.05) is 0 Å². The number of nitrogens with one attached hydrogen (secondary N) is 1. The van der Waals surface area contributed by atoms with Gasteiger partial charge in [-0.05, 0) is 40.2 Å². The van der Waals surface area contributed by atoms with Crippen molar-refractivity contribution < 1.29 is 0 Å². The third-order valence-electron chi connectivity index (χ3n) is 2.20. The molecule has 0 radical (unpaired) electrons. The van der Waals surface area contributed by atoms with E-state index in [1.54, 1.807) is 11.3 Å². The molecule has 92 valence electrons. The van der Waals surface area contributed by atoms with Crippen LogP contribution in [0.25, 0.3) is 0 Å². The second kappa shape index (κ2) is 6.30. The predicted octanol–water partition coefficient (Wildman–Crippen LogP) is 2.81. The number of aryl methyl sites for hydroxylation is 2. The largest absolute Gasteiger partial charge is 0.312 e. The lowest BCUT2D eigenvalue weighted by atomic mass is 10.1. The summed E-state index contributed by atoms with van der Waals surface area (Å²) in [5, 5.41) is 14.2. The summed E-state index contributed by atoms with van der Waals surface area (Å²) in [6.07, 6.45) is 4.40. The van der Waals surface area contributed by atoms with E-state index >= 15 is 0 Å². The molecule has 1 aromatic rings. The smallest absolute Gasteiger partial charge is 0.117 e. The first-order valence-corrected chi connectivity index (χ1v) is 6.89. The Morgan fingerprint density at radius 2 is 1.75 bits per heavy atom. The Bertz CT molecular complexity index is 301. The molecule has 0 saturated heterocycles. The molecule has 1 aromatic heterocycles. The van der Waals surface area contributed by atoms with Crippen LogP contribution in [0.3, 0.4) is 0 Å². The normalized spacial score (nSPS) is 12.0. The summed E-state index contributed by atoms with van der Waals surface area (Å²) < 4.78 is 0. The zero-order chi connectivity index (χ0) is 12.0. The molecule has 3 nitrogen and oxygen atoms in total. The zero-order valence-corrected chi connectivity index (χ0v) is 11.7. The molecule has 1 heterocycles. The topological polar surface area (TPSA) is 37.8 Å². The van der Waals surface area contributed by atoms with Gasteiger partial charge in [0, 0.05) is 18.4 Å². The number of nitrogens with zero attached hydrogens (tertiary/aromatic N) is 2. The summed E-state index contributed by atoms with van der Waals surface area (Å²) in [7, 11) is 0. The van der Waals surface area contributed by atoms with Gasteiger partial charge in [-0.3, -0.25) is 0 Å². The molecule has 0 aliphatic heterocycles. The SMILES string of the molecule is CCCc1nnc(CCCNC(C)(C)C)s1. The summed E-state index contributed by atoms with van der Waals surface area (Å²) in [5.41, 5.74) is 0.217. The van der Waals surface area contributed by atoms with Crippen molar-refractivity contribution in [2.75, 3.05) is 6.54 Å². The molecule has 1 rings (SSSR count). The van der Waals surface area contributed by atoms with Gasteiger partial charge in [0.2, 0.25) is 0 Å². The lowest BCUT2D eigenvalue weighted by Gasteiger charge is -2.20. The third-order valence-corrected chi connectivity index (χ3v) is 3.24. The Hall–Kier alpha value is -0.480. The summed E-state index contributed by atoms with van der Waals surface area (Å²) >= 11 is 1.77. The summed E-state index contributed by atoms with van der Waals surface area (Å²) in [6.45, 7) is 9.80. The van der Waals surface area contributed by atoms with Crippen LogP contribution in [0.2, 0.25) is 0 Å². The van der Waals surface area contributed by atoms with Gasteiger partial charge in [-0.1, -0.05) is 6.92 Å². The monoisotopic (exact) mass is 241 g/mol. The van der Waals surface area contributed by atoms with Gasteiger partial charge in [0.1, 0.15) is 10.0 Å². The maximum absolute atomic E-state index is 4.21. The molecule has 0 saturated carbocycles. The molecular weight excluding hydrogens is 218 g/mol. The fourth-order valence-electron chi connectivity index (χ4n) is 1.41. The number of hydrogen-bond acceptors (Lipinski definition) is 4. The van der Waals surface area contributed by atoms with E-state index in [2.05, 4.69) is 43.2 Å². The van der Waals surface area contributed by atoms with E-state index in [1.165, 1.54) is 10.0 Å². The van der Waals surface area contributed by atoms with Gasteiger partial charge in [0.05, 0.1) is 0 Å². The maximum atomic E-state index is 4.21. The average molecular weight is 241 g/mol. The van der Waals surface area contributed by atoms with Crippen LogP contribution in [0.5, 0.6) is 0 Å². The van der Waals surface area contributed by atoms with Crippen LogP contribution < -0.4 is 5.32 Å². The van der Waals surface area contributed by atoms with Gasteiger partial charge < -0.3 is 5.32 Å². The van der Waals surface area contributed by atoms with Crippen molar-refractivity contribution in [1.29, 1.82) is 0 Å². The Morgan fingerprint density at radius 1 is 1.12 bits per heavy atom. The molecule has 0 unspecified atom stereocenters. The van der Waals surface area contributed by atoms with Crippen LogP contribution in [-0.2, 0) is 12.8 Å². The quantitative estimate of drug-likeness (QED) is 0.778. The van der Waals surface area contributed by atoms with Crippen LogP contribution in [0, 0.1) is 0 Å². The van der Waals surface area contributed by atoms with Crippen molar-refractivity contribution in [3.05, 3.63) is 10.0 Å². The van der Waals surface area contributed by atoms with E-state index < -0.39 is 0 Å². The second-order valence-corrected chi connectivity index (χ2v) is 6.27. The highest BCUT2D eigenvalue weighted by Crippen LogP contribution is 2.13. The summed E-state index contributed by atoms with van der Waals surface area (Å²) in [4.78, 5) is 0. The molecule has 0 aliphatic rings. The van der Waals surface area contributed by atoms with E-state index in [4.69, 9.17) is 0 Å². The molecule has 0 amide bonds. The molecule has 0 fully saturated rings. The number of hydrogen-bond donors (Lipinski definition) is 1. The van der Waals surface area contributed by atoms with E-state index in [-0.39, 0.29) is 5.54 Å². The number of rotatable bonds is 6. The van der Waals surface area contributed by atoms with Crippen LogP contribution >= 0.6 is 11.3 Å².